The van der Waals surface area contributed by atoms with Crippen LogP contribution in [0.4, 0.5) is 5.82 Å². The summed E-state index contributed by atoms with van der Waals surface area (Å²) >= 11 is 3.46. The summed E-state index contributed by atoms with van der Waals surface area (Å²) in [5, 5.41) is 7.22. The topological polar surface area (TPSA) is 62.5 Å². The van der Waals surface area contributed by atoms with E-state index >= 15 is 0 Å². The summed E-state index contributed by atoms with van der Waals surface area (Å²) in [4.78, 5) is 18.8. The Labute approximate surface area is 208 Å². The van der Waals surface area contributed by atoms with E-state index in [9.17, 15) is 4.79 Å². The lowest BCUT2D eigenvalue weighted by Crippen LogP contribution is -2.54. The third-order valence-electron chi connectivity index (χ3n) is 4.49. The van der Waals surface area contributed by atoms with Crippen molar-refractivity contribution in [2.75, 3.05) is 18.0 Å². The van der Waals surface area contributed by atoms with Crippen LogP contribution in [-0.4, -0.2) is 33.6 Å². The maximum Gasteiger partial charge on any atom is 0.226 e. The first kappa shape index (κ1) is 30.6. The van der Waals surface area contributed by atoms with Crippen LogP contribution in [0.3, 0.4) is 0 Å². The van der Waals surface area contributed by atoms with Crippen molar-refractivity contribution in [3.8, 4) is 0 Å². The van der Waals surface area contributed by atoms with Gasteiger partial charge in [0.15, 0.2) is 5.82 Å². The molecule has 0 saturated carbocycles. The molecule has 1 aliphatic rings. The second-order valence-electron chi connectivity index (χ2n) is 6.38. The summed E-state index contributed by atoms with van der Waals surface area (Å²) in [6, 6.07) is 10.2. The van der Waals surface area contributed by atoms with Gasteiger partial charge in [0.2, 0.25) is 5.91 Å². The minimum absolute atomic E-state index is 0.00105. The molecule has 0 radical (unpaired) electrons. The van der Waals surface area contributed by atoms with Crippen LogP contribution in [-0.2, 0) is 11.3 Å². The fraction of sp³-hybridized carbons (Fsp3) is 0.500. The summed E-state index contributed by atoms with van der Waals surface area (Å²) in [6.07, 6.45) is 3.44. The number of aromatic nitrogens is 3. The number of rotatable bonds is 4. The van der Waals surface area contributed by atoms with Crippen LogP contribution in [0.5, 0.6) is 0 Å². The average molecular weight is 521 g/mol. The zero-order valence-corrected chi connectivity index (χ0v) is 23.4. The monoisotopic (exact) mass is 519 g/mol. The van der Waals surface area contributed by atoms with Crippen molar-refractivity contribution in [3.05, 3.63) is 58.5 Å². The number of hydrogen-bond acceptors (Lipinski definition) is 4. The van der Waals surface area contributed by atoms with Crippen molar-refractivity contribution in [2.24, 2.45) is 5.92 Å². The highest BCUT2D eigenvalue weighted by atomic mass is 79.9. The molecular formula is C26H42BrN5O. The molecule has 1 aromatic carbocycles. The third-order valence-corrected chi connectivity index (χ3v) is 4.93. The molecule has 33 heavy (non-hydrogen) atoms. The van der Waals surface area contributed by atoms with Crippen LogP contribution in [0.2, 0.25) is 0 Å². The summed E-state index contributed by atoms with van der Waals surface area (Å²) in [6.45, 7) is 20.0. The highest BCUT2D eigenvalue weighted by Crippen LogP contribution is 2.28. The van der Waals surface area contributed by atoms with Crippen LogP contribution in [0.25, 0.3) is 5.52 Å². The zero-order valence-electron chi connectivity index (χ0n) is 21.8. The van der Waals surface area contributed by atoms with Gasteiger partial charge in [-0.2, -0.15) is 5.10 Å². The normalized spacial score (nSPS) is 11.8. The lowest BCUT2D eigenvalue weighted by Gasteiger charge is -2.39. The van der Waals surface area contributed by atoms with Gasteiger partial charge in [0.25, 0.3) is 0 Å². The molecule has 1 aliphatic heterocycles. The Balaban J connectivity index is 0.00000116. The standard InChI is InChI=1S/C18H18BrN5O.4C2H6/c1-12-2-4-13(5-3-12)7-20-18(25)14-8-23(9-14)17-16-6-15(19)10-24(16)22-11-21-17;4*1-2/h2-6,10-11,14H,7-9H2,1H3,(H,20,25);4*1-2H3. The van der Waals surface area contributed by atoms with Crippen LogP contribution in [0.1, 0.15) is 66.5 Å². The molecule has 1 N–H and O–H groups in total. The van der Waals surface area contributed by atoms with Crippen molar-refractivity contribution in [2.45, 2.75) is 68.9 Å². The van der Waals surface area contributed by atoms with E-state index in [0.29, 0.717) is 19.6 Å². The van der Waals surface area contributed by atoms with E-state index in [2.05, 4.69) is 55.3 Å². The van der Waals surface area contributed by atoms with Crippen molar-refractivity contribution in [1.29, 1.82) is 0 Å². The van der Waals surface area contributed by atoms with Gasteiger partial charge in [-0.1, -0.05) is 85.2 Å². The van der Waals surface area contributed by atoms with E-state index in [1.165, 1.54) is 5.56 Å². The maximum absolute atomic E-state index is 12.3. The molecule has 0 atom stereocenters. The molecule has 4 rings (SSSR count). The number of amides is 1. The van der Waals surface area contributed by atoms with E-state index in [-0.39, 0.29) is 11.8 Å². The smallest absolute Gasteiger partial charge is 0.226 e. The number of carbonyl (C=O) groups excluding carboxylic acids is 1. The average Bonchev–Trinajstić information content (AvgIpc) is 3.24. The number of hydrogen-bond donors (Lipinski definition) is 1. The fourth-order valence-electron chi connectivity index (χ4n) is 2.99. The molecule has 0 unspecified atom stereocenters. The summed E-state index contributed by atoms with van der Waals surface area (Å²) in [5.74, 6) is 0.959. The Morgan fingerprint density at radius 1 is 1.03 bits per heavy atom. The van der Waals surface area contributed by atoms with Crippen LogP contribution in [0, 0.1) is 12.8 Å². The van der Waals surface area contributed by atoms with Gasteiger partial charge >= 0.3 is 0 Å². The number of anilines is 1. The molecule has 0 bridgehead atoms. The summed E-state index contributed by atoms with van der Waals surface area (Å²) < 4.78 is 2.75. The minimum atomic E-state index is -0.00105. The Kier molecular flexibility index (Phi) is 15.9. The van der Waals surface area contributed by atoms with E-state index in [1.54, 1.807) is 10.8 Å². The van der Waals surface area contributed by atoms with E-state index < -0.39 is 0 Å². The van der Waals surface area contributed by atoms with Gasteiger partial charge in [0.1, 0.15) is 11.8 Å². The summed E-state index contributed by atoms with van der Waals surface area (Å²) in [7, 11) is 0. The lowest BCUT2D eigenvalue weighted by atomic mass is 9.99. The zero-order chi connectivity index (χ0) is 25.4. The van der Waals surface area contributed by atoms with Crippen molar-refractivity contribution in [3.63, 3.8) is 0 Å². The highest BCUT2D eigenvalue weighted by molar-refractivity contribution is 9.10. The number of nitrogens with zero attached hydrogens (tertiary/aromatic N) is 4. The molecule has 1 fully saturated rings. The Morgan fingerprint density at radius 2 is 1.61 bits per heavy atom. The molecule has 3 heterocycles. The second kappa shape index (κ2) is 17.1. The van der Waals surface area contributed by atoms with Gasteiger partial charge in [-0.25, -0.2) is 9.50 Å². The van der Waals surface area contributed by atoms with Crippen LogP contribution >= 0.6 is 15.9 Å². The number of benzene rings is 1. The van der Waals surface area contributed by atoms with Gasteiger partial charge < -0.3 is 10.2 Å². The van der Waals surface area contributed by atoms with Gasteiger partial charge in [0.05, 0.1) is 5.92 Å². The summed E-state index contributed by atoms with van der Waals surface area (Å²) in [5.41, 5.74) is 3.27. The Morgan fingerprint density at radius 3 is 2.18 bits per heavy atom. The first-order chi connectivity index (χ1) is 16.1. The molecule has 6 nitrogen and oxygen atoms in total. The molecule has 1 saturated heterocycles. The quantitative estimate of drug-likeness (QED) is 0.418. The van der Waals surface area contributed by atoms with E-state index in [4.69, 9.17) is 0 Å². The minimum Gasteiger partial charge on any atom is -0.353 e. The van der Waals surface area contributed by atoms with E-state index in [1.807, 2.05) is 79.8 Å². The molecule has 2 aromatic heterocycles. The number of fused-ring (bicyclic) bond motifs is 1. The Hall–Kier alpha value is -2.41. The first-order valence-electron chi connectivity index (χ1n) is 12.2. The fourth-order valence-corrected chi connectivity index (χ4v) is 3.40. The third kappa shape index (κ3) is 8.80. The van der Waals surface area contributed by atoms with E-state index in [0.717, 1.165) is 21.4 Å². The molecule has 184 valence electrons. The number of carbonyl (C=O) groups is 1. The lowest BCUT2D eigenvalue weighted by molar-refractivity contribution is -0.125. The maximum atomic E-state index is 12.3. The molecule has 3 aromatic rings. The molecule has 7 heteroatoms. The second-order valence-corrected chi connectivity index (χ2v) is 7.29. The van der Waals surface area contributed by atoms with Gasteiger partial charge in [-0.15, -0.1) is 0 Å². The van der Waals surface area contributed by atoms with Crippen molar-refractivity contribution < 1.29 is 4.79 Å². The van der Waals surface area contributed by atoms with Crippen LogP contribution in [0.15, 0.2) is 47.3 Å². The largest absolute Gasteiger partial charge is 0.353 e. The van der Waals surface area contributed by atoms with Gasteiger partial charge in [-0.05, 0) is 34.5 Å². The number of halogens is 1. The molecular weight excluding hydrogens is 478 g/mol. The van der Waals surface area contributed by atoms with Crippen molar-refractivity contribution in [1.82, 2.24) is 19.9 Å². The highest BCUT2D eigenvalue weighted by Gasteiger charge is 2.34. The molecule has 0 aliphatic carbocycles. The van der Waals surface area contributed by atoms with Crippen molar-refractivity contribution >= 4 is 33.2 Å². The predicted octanol–water partition coefficient (Wildman–Crippen LogP) is 6.66. The molecule has 1 amide bonds. The predicted molar refractivity (Wildman–Crippen MR) is 145 cm³/mol. The SMILES string of the molecule is CC.CC.CC.CC.Cc1ccc(CNC(=O)C2CN(c3ncnn4cc(Br)cc34)C2)cc1. The van der Waals surface area contributed by atoms with Crippen LogP contribution < -0.4 is 10.2 Å². The van der Waals surface area contributed by atoms with Gasteiger partial charge in [0, 0.05) is 30.3 Å². The number of aryl methyl sites for hydroxylation is 1. The van der Waals surface area contributed by atoms with Gasteiger partial charge in [-0.3, -0.25) is 4.79 Å². The first-order valence-corrected chi connectivity index (χ1v) is 13.0. The molecule has 0 spiro atoms. The number of nitrogens with one attached hydrogen (secondary N) is 1. The Bertz CT molecular complexity index is 918.